The van der Waals surface area contributed by atoms with Crippen molar-refractivity contribution in [2.75, 3.05) is 24.7 Å². The molecule has 3 N–H and O–H groups in total. The molecule has 1 aliphatic rings. The van der Waals surface area contributed by atoms with Crippen LogP contribution in [-0.2, 0) is 22.7 Å². The number of fused-ring (bicyclic) bond motifs is 1. The highest BCUT2D eigenvalue weighted by Gasteiger charge is 2.11. The fraction of sp³-hybridized carbons (Fsp3) is 0.316. The zero-order valence-corrected chi connectivity index (χ0v) is 15.6. The fourth-order valence-corrected chi connectivity index (χ4v) is 3.58. The highest BCUT2D eigenvalue weighted by Crippen LogP contribution is 2.24. The Morgan fingerprint density at radius 3 is 2.62 bits per heavy atom. The van der Waals surface area contributed by atoms with Crippen molar-refractivity contribution in [1.82, 2.24) is 0 Å². The van der Waals surface area contributed by atoms with E-state index in [2.05, 4.69) is 22.4 Å². The smallest absolute Gasteiger partial charge is 0.193 e. The van der Waals surface area contributed by atoms with Crippen molar-refractivity contribution < 1.29 is 13.2 Å². The second-order valence-electron chi connectivity index (χ2n) is 6.32. The van der Waals surface area contributed by atoms with Gasteiger partial charge in [0.15, 0.2) is 15.8 Å². The molecular weight excluding hydrogens is 350 g/mol. The monoisotopic (exact) mass is 373 g/mol. The van der Waals surface area contributed by atoms with Crippen LogP contribution in [0.15, 0.2) is 52.4 Å². The average molecular weight is 373 g/mol. The maximum absolute atomic E-state index is 11.4. The van der Waals surface area contributed by atoms with Gasteiger partial charge in [-0.05, 0) is 66.8 Å². The van der Waals surface area contributed by atoms with Crippen LogP contribution in [0.25, 0.3) is 0 Å². The van der Waals surface area contributed by atoms with Gasteiger partial charge in [-0.25, -0.2) is 13.4 Å². The maximum Gasteiger partial charge on any atom is 0.193 e. The number of rotatable bonds is 6. The number of hydrogen-bond donors (Lipinski definition) is 2. The molecule has 1 aliphatic carbocycles. The molecule has 2 aromatic carbocycles. The van der Waals surface area contributed by atoms with E-state index in [9.17, 15) is 8.42 Å². The number of aryl methyl sites for hydroxylation is 2. The third-order valence-corrected chi connectivity index (χ3v) is 5.39. The second-order valence-corrected chi connectivity index (χ2v) is 8.34. The number of nitrogens with one attached hydrogen (secondary N) is 1. The molecule has 2 aromatic rings. The van der Waals surface area contributed by atoms with Gasteiger partial charge in [0.2, 0.25) is 0 Å². The zero-order chi connectivity index (χ0) is 18.6. The molecule has 0 spiro atoms. The molecule has 0 aliphatic heterocycles. The standard InChI is InChI=1S/C19H23N3O3S/c1-26(23,24)18-9-7-17(8-10-18)25-12-11-21-19(20)22-16-6-5-14-3-2-4-15(14)13-16/h5-10,13H,2-4,11-12H2,1H3,(H3,20,21,22). The number of nitrogens with zero attached hydrogens (tertiary/aromatic N) is 1. The molecule has 0 aromatic heterocycles. The second kappa shape index (κ2) is 7.78. The van der Waals surface area contributed by atoms with Crippen molar-refractivity contribution in [1.29, 1.82) is 0 Å². The van der Waals surface area contributed by atoms with Gasteiger partial charge in [-0.1, -0.05) is 6.07 Å². The van der Waals surface area contributed by atoms with E-state index in [1.807, 2.05) is 6.07 Å². The van der Waals surface area contributed by atoms with Gasteiger partial charge in [0.1, 0.15) is 12.4 Å². The molecule has 0 fully saturated rings. The number of hydrogen-bond acceptors (Lipinski definition) is 4. The number of sulfone groups is 1. The molecule has 0 saturated carbocycles. The Hall–Kier alpha value is -2.54. The quantitative estimate of drug-likeness (QED) is 0.461. The van der Waals surface area contributed by atoms with Crippen LogP contribution in [0.2, 0.25) is 0 Å². The Morgan fingerprint density at radius 2 is 1.88 bits per heavy atom. The van der Waals surface area contributed by atoms with E-state index in [1.165, 1.54) is 35.9 Å². The van der Waals surface area contributed by atoms with E-state index < -0.39 is 9.84 Å². The van der Waals surface area contributed by atoms with Crippen molar-refractivity contribution in [3.05, 3.63) is 53.6 Å². The molecule has 138 valence electrons. The predicted molar refractivity (Wildman–Crippen MR) is 104 cm³/mol. The van der Waals surface area contributed by atoms with E-state index in [4.69, 9.17) is 10.5 Å². The van der Waals surface area contributed by atoms with Crippen LogP contribution < -0.4 is 15.8 Å². The van der Waals surface area contributed by atoms with E-state index in [1.54, 1.807) is 12.1 Å². The van der Waals surface area contributed by atoms with Crippen molar-refractivity contribution >= 4 is 21.5 Å². The number of guanidine groups is 1. The van der Waals surface area contributed by atoms with Crippen LogP contribution in [-0.4, -0.2) is 33.8 Å². The summed E-state index contributed by atoms with van der Waals surface area (Å²) in [5.41, 5.74) is 9.66. The van der Waals surface area contributed by atoms with Gasteiger partial charge in [-0.2, -0.15) is 0 Å². The molecule has 0 bridgehead atoms. The summed E-state index contributed by atoms with van der Waals surface area (Å²) in [6.07, 6.45) is 4.66. The third-order valence-electron chi connectivity index (χ3n) is 4.26. The molecule has 0 radical (unpaired) electrons. The molecule has 0 atom stereocenters. The largest absolute Gasteiger partial charge is 0.492 e. The number of ether oxygens (including phenoxy) is 1. The molecule has 0 saturated heterocycles. The summed E-state index contributed by atoms with van der Waals surface area (Å²) in [5, 5.41) is 3.10. The van der Waals surface area contributed by atoms with Gasteiger partial charge in [0.25, 0.3) is 0 Å². The van der Waals surface area contributed by atoms with Crippen molar-refractivity contribution in [2.24, 2.45) is 10.7 Å². The first-order valence-corrected chi connectivity index (χ1v) is 10.4. The number of anilines is 1. The first kappa shape index (κ1) is 18.3. The van der Waals surface area contributed by atoms with Crippen LogP contribution in [0.4, 0.5) is 5.69 Å². The lowest BCUT2D eigenvalue weighted by atomic mass is 10.1. The fourth-order valence-electron chi connectivity index (χ4n) is 2.95. The Labute approximate surface area is 154 Å². The van der Waals surface area contributed by atoms with Crippen molar-refractivity contribution in [2.45, 2.75) is 24.2 Å². The van der Waals surface area contributed by atoms with Gasteiger partial charge < -0.3 is 15.8 Å². The maximum atomic E-state index is 11.4. The Balaban J connectivity index is 1.47. The van der Waals surface area contributed by atoms with Crippen LogP contribution in [0.1, 0.15) is 17.5 Å². The summed E-state index contributed by atoms with van der Waals surface area (Å²) in [7, 11) is -3.19. The summed E-state index contributed by atoms with van der Waals surface area (Å²) >= 11 is 0. The lowest BCUT2D eigenvalue weighted by Crippen LogP contribution is -2.23. The first-order valence-electron chi connectivity index (χ1n) is 8.53. The summed E-state index contributed by atoms with van der Waals surface area (Å²) in [5.74, 6) is 0.941. The topological polar surface area (TPSA) is 93.8 Å². The first-order chi connectivity index (χ1) is 12.4. The van der Waals surface area contributed by atoms with Crippen LogP contribution in [0.5, 0.6) is 5.75 Å². The molecule has 7 heteroatoms. The van der Waals surface area contributed by atoms with Crippen LogP contribution in [0.3, 0.4) is 0 Å². The molecule has 26 heavy (non-hydrogen) atoms. The van der Waals surface area contributed by atoms with E-state index in [0.717, 1.165) is 18.5 Å². The van der Waals surface area contributed by atoms with Gasteiger partial charge in [0.05, 0.1) is 11.4 Å². The van der Waals surface area contributed by atoms with Gasteiger partial charge in [-0.15, -0.1) is 0 Å². The van der Waals surface area contributed by atoms with Gasteiger partial charge in [-0.3, -0.25) is 0 Å². The third kappa shape index (κ3) is 4.76. The van der Waals surface area contributed by atoms with Crippen LogP contribution >= 0.6 is 0 Å². The lowest BCUT2D eigenvalue weighted by molar-refractivity contribution is 0.328. The normalized spacial score (nSPS) is 14.1. The molecule has 3 rings (SSSR count). The minimum atomic E-state index is -3.19. The van der Waals surface area contributed by atoms with Gasteiger partial charge >= 0.3 is 0 Å². The van der Waals surface area contributed by atoms with Gasteiger partial charge in [0, 0.05) is 11.9 Å². The Kier molecular flexibility index (Phi) is 5.46. The van der Waals surface area contributed by atoms with E-state index >= 15 is 0 Å². The molecule has 0 heterocycles. The minimum Gasteiger partial charge on any atom is -0.492 e. The zero-order valence-electron chi connectivity index (χ0n) is 14.7. The van der Waals surface area contributed by atoms with E-state index in [-0.39, 0.29) is 4.90 Å². The minimum absolute atomic E-state index is 0.269. The average Bonchev–Trinajstić information content (AvgIpc) is 3.06. The summed E-state index contributed by atoms with van der Waals surface area (Å²) < 4.78 is 28.4. The molecular formula is C19H23N3O3S. The Bertz CT molecular complexity index is 906. The molecule has 0 unspecified atom stereocenters. The molecule has 0 amide bonds. The number of nitrogens with two attached hydrogens (primary N) is 1. The summed E-state index contributed by atoms with van der Waals surface area (Å²) in [6, 6.07) is 12.6. The number of benzene rings is 2. The van der Waals surface area contributed by atoms with E-state index in [0.29, 0.717) is 24.9 Å². The Morgan fingerprint density at radius 1 is 1.15 bits per heavy atom. The SMILES string of the molecule is CS(=O)(=O)c1ccc(OCCN=C(N)Nc2ccc3c(c2)CCC3)cc1. The van der Waals surface area contributed by atoms with Crippen molar-refractivity contribution in [3.63, 3.8) is 0 Å². The highest BCUT2D eigenvalue weighted by molar-refractivity contribution is 7.90. The lowest BCUT2D eigenvalue weighted by Gasteiger charge is -2.08. The summed E-state index contributed by atoms with van der Waals surface area (Å²) in [4.78, 5) is 4.52. The highest BCUT2D eigenvalue weighted by atomic mass is 32.2. The van der Waals surface area contributed by atoms with Crippen LogP contribution in [0, 0.1) is 0 Å². The van der Waals surface area contributed by atoms with Crippen molar-refractivity contribution in [3.8, 4) is 5.75 Å². The summed E-state index contributed by atoms with van der Waals surface area (Å²) in [6.45, 7) is 0.752. The number of aliphatic imine (C=N–C) groups is 1. The predicted octanol–water partition coefficient (Wildman–Crippen LogP) is 2.38. The molecule has 6 nitrogen and oxygen atoms in total.